The Labute approximate surface area is 109 Å². The van der Waals surface area contributed by atoms with Crippen molar-refractivity contribution in [2.75, 3.05) is 5.73 Å². The zero-order chi connectivity index (χ0) is 12.6. The molecule has 0 bridgehead atoms. The SMILES string of the molecule is [CH3][Sn]([CH3])([CH3])[CH](c1ccccc1N)[Sn]([CH3])([CH3])[CH3]. The number of benzene rings is 1. The summed E-state index contributed by atoms with van der Waals surface area (Å²) in [7, 11) is 0. The van der Waals surface area contributed by atoms with Crippen LogP contribution in [0.1, 0.15) is 7.51 Å². The van der Waals surface area contributed by atoms with Gasteiger partial charge in [-0.05, 0) is 0 Å². The Hall–Kier alpha value is 0.617. The average molecular weight is 433 g/mol. The molecule has 1 rings (SSSR count). The van der Waals surface area contributed by atoms with Crippen molar-refractivity contribution >= 4 is 42.4 Å². The van der Waals surface area contributed by atoms with E-state index in [9.17, 15) is 0 Å². The Balaban J connectivity index is 3.29. The normalized spacial score (nSPS) is 13.2. The van der Waals surface area contributed by atoms with Crippen molar-refractivity contribution in [1.29, 1.82) is 0 Å². The van der Waals surface area contributed by atoms with Crippen LogP contribution in [0.5, 0.6) is 0 Å². The summed E-state index contributed by atoms with van der Waals surface area (Å²) in [6, 6.07) is 8.53. The maximum absolute atomic E-state index is 6.18. The molecule has 16 heavy (non-hydrogen) atoms. The number of para-hydroxylation sites is 1. The molecule has 3 heteroatoms. The second-order valence-electron chi connectivity index (χ2n) is 6.79. The van der Waals surface area contributed by atoms with Crippen molar-refractivity contribution < 1.29 is 0 Å². The molecule has 0 heterocycles. The fourth-order valence-electron chi connectivity index (χ4n) is 3.01. The third-order valence-corrected chi connectivity index (χ3v) is 47.9. The van der Waals surface area contributed by atoms with Gasteiger partial charge in [0, 0.05) is 0 Å². The van der Waals surface area contributed by atoms with Crippen LogP contribution < -0.4 is 5.73 Å². The van der Waals surface area contributed by atoms with Gasteiger partial charge in [-0.25, -0.2) is 0 Å². The summed E-state index contributed by atoms with van der Waals surface area (Å²) in [5, 5.41) is 0. The van der Waals surface area contributed by atoms with E-state index >= 15 is 0 Å². The summed E-state index contributed by atoms with van der Waals surface area (Å²) in [6.45, 7) is 0. The first kappa shape index (κ1) is 14.7. The molecule has 0 saturated carbocycles. The van der Waals surface area contributed by atoms with Gasteiger partial charge in [-0.1, -0.05) is 0 Å². The monoisotopic (exact) mass is 435 g/mol. The van der Waals surface area contributed by atoms with E-state index in [4.69, 9.17) is 5.73 Å². The van der Waals surface area contributed by atoms with Crippen molar-refractivity contribution in [3.05, 3.63) is 29.8 Å². The van der Waals surface area contributed by atoms with Crippen LogP contribution >= 0.6 is 0 Å². The molecule has 0 aromatic heterocycles. The molecule has 0 unspecified atom stereocenters. The molecule has 0 amide bonds. The third-order valence-electron chi connectivity index (χ3n) is 3.04. The van der Waals surface area contributed by atoms with Crippen LogP contribution in [0.2, 0.25) is 29.6 Å². The molecule has 1 aromatic rings. The van der Waals surface area contributed by atoms with Gasteiger partial charge in [-0.3, -0.25) is 0 Å². The van der Waals surface area contributed by atoms with E-state index in [-0.39, 0.29) is 0 Å². The van der Waals surface area contributed by atoms with Gasteiger partial charge in [0.2, 0.25) is 0 Å². The molecule has 2 N–H and O–H groups in total. The predicted molar refractivity (Wildman–Crippen MR) is 80.3 cm³/mol. The van der Waals surface area contributed by atoms with E-state index in [2.05, 4.69) is 47.8 Å². The quantitative estimate of drug-likeness (QED) is 0.565. The Kier molecular flexibility index (Phi) is 4.66. The molecular formula is C13H25NSn2. The van der Waals surface area contributed by atoms with Crippen molar-refractivity contribution in [3.63, 3.8) is 0 Å². The Morgan fingerprint density at radius 3 is 1.69 bits per heavy atom. The number of hydrogen-bond acceptors (Lipinski definition) is 1. The van der Waals surface area contributed by atoms with Gasteiger partial charge in [0.15, 0.2) is 0 Å². The number of anilines is 1. The van der Waals surface area contributed by atoms with Gasteiger partial charge in [0.1, 0.15) is 0 Å². The average Bonchev–Trinajstić information content (AvgIpc) is 2.03. The van der Waals surface area contributed by atoms with Gasteiger partial charge >= 0.3 is 110 Å². The second kappa shape index (κ2) is 5.08. The zero-order valence-corrected chi connectivity index (χ0v) is 17.2. The summed E-state index contributed by atoms with van der Waals surface area (Å²) in [4.78, 5) is 15.3. The summed E-state index contributed by atoms with van der Waals surface area (Å²) in [5.41, 5.74) is 8.67. The molecule has 0 saturated heterocycles. The molecule has 0 aliphatic carbocycles. The van der Waals surface area contributed by atoms with Gasteiger partial charge in [0.25, 0.3) is 0 Å². The fraction of sp³-hybridized carbons (Fsp3) is 0.538. The Morgan fingerprint density at radius 2 is 1.31 bits per heavy atom. The van der Waals surface area contributed by atoms with Crippen LogP contribution in [0.25, 0.3) is 0 Å². The molecule has 0 spiro atoms. The van der Waals surface area contributed by atoms with Crippen LogP contribution in [-0.2, 0) is 0 Å². The maximum atomic E-state index is 6.18. The van der Waals surface area contributed by atoms with E-state index in [0.29, 0.717) is 0 Å². The molecule has 90 valence electrons. The molecule has 0 radical (unpaired) electrons. The molecule has 1 nitrogen and oxygen atoms in total. The molecule has 1 aromatic carbocycles. The minimum atomic E-state index is -1.94. The Bertz CT molecular complexity index is 347. The molecule has 0 atom stereocenters. The van der Waals surface area contributed by atoms with Gasteiger partial charge in [-0.2, -0.15) is 0 Å². The summed E-state index contributed by atoms with van der Waals surface area (Å²) in [5.74, 6) is 0. The standard InChI is InChI=1S/C7H7N.6CH3.2Sn/c1-6-4-2-3-5-7(6)8;;;;;;;;/h1-5H,8H2;6*1H3;;. The van der Waals surface area contributed by atoms with E-state index in [1.807, 2.05) is 6.07 Å². The van der Waals surface area contributed by atoms with Crippen molar-refractivity contribution in [2.24, 2.45) is 0 Å². The van der Waals surface area contributed by atoms with E-state index in [0.717, 1.165) is 7.64 Å². The number of nitrogens with two attached hydrogens (primary N) is 1. The first-order valence-electron chi connectivity index (χ1n) is 5.98. The van der Waals surface area contributed by atoms with E-state index < -0.39 is 36.8 Å². The predicted octanol–water partition coefficient (Wildman–Crippen LogP) is 4.11. The first-order valence-corrected chi connectivity index (χ1v) is 26.4. The van der Waals surface area contributed by atoms with Gasteiger partial charge in [0.05, 0.1) is 0 Å². The number of nitrogen functional groups attached to an aromatic ring is 1. The third kappa shape index (κ3) is 3.55. The van der Waals surface area contributed by atoms with Crippen molar-refractivity contribution in [3.8, 4) is 0 Å². The topological polar surface area (TPSA) is 26.0 Å². The van der Waals surface area contributed by atoms with Gasteiger partial charge < -0.3 is 0 Å². The van der Waals surface area contributed by atoms with Crippen LogP contribution in [0, 0.1) is 0 Å². The second-order valence-corrected chi connectivity index (χ2v) is 41.8. The van der Waals surface area contributed by atoms with Crippen LogP contribution in [0.15, 0.2) is 24.3 Å². The van der Waals surface area contributed by atoms with E-state index in [1.54, 1.807) is 0 Å². The molecular weight excluding hydrogens is 408 g/mol. The van der Waals surface area contributed by atoms with Crippen LogP contribution in [-0.4, -0.2) is 36.8 Å². The van der Waals surface area contributed by atoms with E-state index in [1.165, 1.54) is 5.56 Å². The molecule has 0 fully saturated rings. The molecule has 0 aliphatic heterocycles. The van der Waals surface area contributed by atoms with Crippen molar-refractivity contribution in [1.82, 2.24) is 0 Å². The first-order chi connectivity index (χ1) is 7.14. The van der Waals surface area contributed by atoms with Crippen molar-refractivity contribution in [2.45, 2.75) is 31.6 Å². The fourth-order valence-corrected chi connectivity index (χ4v) is 67.0. The Morgan fingerprint density at radius 1 is 0.875 bits per heavy atom. The summed E-state index contributed by atoms with van der Waals surface area (Å²) < 4.78 is 0.879. The minimum absolute atomic E-state index is 0.879. The van der Waals surface area contributed by atoms with Crippen LogP contribution in [0.4, 0.5) is 5.69 Å². The summed E-state index contributed by atoms with van der Waals surface area (Å²) >= 11 is -3.89. The number of rotatable bonds is 3. The van der Waals surface area contributed by atoms with Crippen LogP contribution in [0.3, 0.4) is 0 Å². The zero-order valence-electron chi connectivity index (χ0n) is 11.5. The van der Waals surface area contributed by atoms with Gasteiger partial charge in [-0.15, -0.1) is 0 Å². The number of hydrogen-bond donors (Lipinski definition) is 1. The molecule has 0 aliphatic rings. The summed E-state index contributed by atoms with van der Waals surface area (Å²) in [6.07, 6.45) is 0.